The van der Waals surface area contributed by atoms with Crippen LogP contribution in [0, 0.1) is 5.92 Å². The second kappa shape index (κ2) is 9.16. The molecule has 0 bridgehead atoms. The first kappa shape index (κ1) is 18.1. The zero-order valence-electron chi connectivity index (χ0n) is 14.4. The van der Waals surface area contributed by atoms with Gasteiger partial charge in [-0.1, -0.05) is 40.7 Å². The van der Waals surface area contributed by atoms with Gasteiger partial charge >= 0.3 is 0 Å². The van der Waals surface area contributed by atoms with E-state index in [1.807, 2.05) is 18.5 Å². The van der Waals surface area contributed by atoms with Gasteiger partial charge in [0.05, 0.1) is 6.04 Å². The zero-order valence-corrected chi connectivity index (χ0v) is 14.4. The molecule has 1 aromatic heterocycles. The van der Waals surface area contributed by atoms with Crippen LogP contribution in [0.15, 0.2) is 24.5 Å². The third-order valence-electron chi connectivity index (χ3n) is 4.25. The summed E-state index contributed by atoms with van der Waals surface area (Å²) >= 11 is 0. The molecule has 1 rings (SSSR count). The van der Waals surface area contributed by atoms with Crippen LogP contribution in [0.5, 0.6) is 0 Å². The Morgan fingerprint density at radius 3 is 2.24 bits per heavy atom. The number of rotatable bonds is 9. The van der Waals surface area contributed by atoms with Crippen molar-refractivity contribution in [2.45, 2.75) is 72.0 Å². The molecule has 21 heavy (non-hydrogen) atoms. The normalized spacial score (nSPS) is 14.9. The van der Waals surface area contributed by atoms with Gasteiger partial charge in [0.1, 0.15) is 0 Å². The minimum atomic E-state index is 0.147. The van der Waals surface area contributed by atoms with E-state index in [1.54, 1.807) is 0 Å². The first-order valence-corrected chi connectivity index (χ1v) is 8.46. The van der Waals surface area contributed by atoms with Crippen molar-refractivity contribution >= 4 is 0 Å². The minimum absolute atomic E-state index is 0.147. The second-order valence-corrected chi connectivity index (χ2v) is 6.36. The largest absolute Gasteiger partial charge is 0.326 e. The van der Waals surface area contributed by atoms with E-state index in [2.05, 4.69) is 50.6 Å². The average molecular weight is 291 g/mol. The molecule has 0 saturated heterocycles. The SMILES string of the molecule is CCC(N)C(c1cccnc1)N(CC(C)C)C(CC)CC. The minimum Gasteiger partial charge on any atom is -0.326 e. The quantitative estimate of drug-likeness (QED) is 0.747. The number of nitrogens with two attached hydrogens (primary N) is 1. The summed E-state index contributed by atoms with van der Waals surface area (Å²) in [6.45, 7) is 12.4. The summed E-state index contributed by atoms with van der Waals surface area (Å²) in [5, 5.41) is 0. The Bertz CT molecular complexity index is 373. The van der Waals surface area contributed by atoms with Crippen LogP contribution in [0.4, 0.5) is 0 Å². The first-order valence-electron chi connectivity index (χ1n) is 8.46. The topological polar surface area (TPSA) is 42.1 Å². The number of aromatic nitrogens is 1. The lowest BCUT2D eigenvalue weighted by Gasteiger charge is -2.41. The van der Waals surface area contributed by atoms with E-state index in [-0.39, 0.29) is 12.1 Å². The maximum Gasteiger partial charge on any atom is 0.0517 e. The standard InChI is InChI=1S/C18H33N3/c1-6-16(7-2)21(13-14(4)5)18(17(19)8-3)15-10-9-11-20-12-15/h9-12,14,16-18H,6-8,13,19H2,1-5H3. The van der Waals surface area contributed by atoms with Crippen LogP contribution in [0.1, 0.15) is 65.5 Å². The fourth-order valence-electron chi connectivity index (χ4n) is 3.13. The number of hydrogen-bond acceptors (Lipinski definition) is 3. The third-order valence-corrected chi connectivity index (χ3v) is 4.25. The Morgan fingerprint density at radius 1 is 1.14 bits per heavy atom. The summed E-state index contributed by atoms with van der Waals surface area (Å²) in [7, 11) is 0. The molecule has 2 unspecified atom stereocenters. The fraction of sp³-hybridized carbons (Fsp3) is 0.722. The number of hydrogen-bond donors (Lipinski definition) is 1. The van der Waals surface area contributed by atoms with Gasteiger partial charge in [-0.2, -0.15) is 0 Å². The molecule has 0 aromatic carbocycles. The molecule has 120 valence electrons. The highest BCUT2D eigenvalue weighted by Gasteiger charge is 2.30. The smallest absolute Gasteiger partial charge is 0.0517 e. The summed E-state index contributed by atoms with van der Waals surface area (Å²) in [6, 6.07) is 5.17. The number of pyridine rings is 1. The van der Waals surface area contributed by atoms with Crippen molar-refractivity contribution < 1.29 is 0 Å². The monoisotopic (exact) mass is 291 g/mol. The van der Waals surface area contributed by atoms with Gasteiger partial charge in [-0.25, -0.2) is 0 Å². The lowest BCUT2D eigenvalue weighted by Crippen LogP contribution is -2.47. The van der Waals surface area contributed by atoms with E-state index in [0.717, 1.165) is 25.8 Å². The van der Waals surface area contributed by atoms with E-state index < -0.39 is 0 Å². The van der Waals surface area contributed by atoms with E-state index in [0.29, 0.717) is 12.0 Å². The summed E-state index contributed by atoms with van der Waals surface area (Å²) < 4.78 is 0. The zero-order chi connectivity index (χ0) is 15.8. The van der Waals surface area contributed by atoms with E-state index in [4.69, 9.17) is 5.73 Å². The van der Waals surface area contributed by atoms with Gasteiger partial charge < -0.3 is 5.73 Å². The predicted molar refractivity (Wildman–Crippen MR) is 91.2 cm³/mol. The molecule has 1 aromatic rings. The van der Waals surface area contributed by atoms with E-state index in [9.17, 15) is 0 Å². The highest BCUT2D eigenvalue weighted by atomic mass is 15.2. The molecule has 0 radical (unpaired) electrons. The second-order valence-electron chi connectivity index (χ2n) is 6.36. The molecule has 1 heterocycles. The van der Waals surface area contributed by atoms with Gasteiger partial charge in [-0.15, -0.1) is 0 Å². The van der Waals surface area contributed by atoms with Gasteiger partial charge in [0.2, 0.25) is 0 Å². The molecule has 0 amide bonds. The summed E-state index contributed by atoms with van der Waals surface area (Å²) in [5.41, 5.74) is 7.75. The molecule has 0 aliphatic rings. The summed E-state index contributed by atoms with van der Waals surface area (Å²) in [6.07, 6.45) is 7.12. The van der Waals surface area contributed by atoms with Gasteiger partial charge in [-0.05, 0) is 36.8 Å². The molecule has 3 nitrogen and oxygen atoms in total. The average Bonchev–Trinajstić information content (AvgIpc) is 2.49. The van der Waals surface area contributed by atoms with Crippen LogP contribution < -0.4 is 5.73 Å². The van der Waals surface area contributed by atoms with Crippen molar-refractivity contribution in [3.8, 4) is 0 Å². The first-order chi connectivity index (χ1) is 10.0. The van der Waals surface area contributed by atoms with Crippen LogP contribution in [0.25, 0.3) is 0 Å². The fourth-order valence-corrected chi connectivity index (χ4v) is 3.13. The Balaban J connectivity index is 3.16. The summed E-state index contributed by atoms with van der Waals surface area (Å²) in [5.74, 6) is 0.633. The molecular weight excluding hydrogens is 258 g/mol. The molecule has 0 fully saturated rings. The summed E-state index contributed by atoms with van der Waals surface area (Å²) in [4.78, 5) is 6.93. The van der Waals surface area contributed by atoms with E-state index in [1.165, 1.54) is 5.56 Å². The predicted octanol–water partition coefficient (Wildman–Crippen LogP) is 4.01. The van der Waals surface area contributed by atoms with Crippen molar-refractivity contribution in [3.05, 3.63) is 30.1 Å². The van der Waals surface area contributed by atoms with Crippen LogP contribution in [-0.2, 0) is 0 Å². The molecule has 0 aliphatic heterocycles. The van der Waals surface area contributed by atoms with Gasteiger partial charge in [0.15, 0.2) is 0 Å². The van der Waals surface area contributed by atoms with Crippen molar-refractivity contribution in [2.24, 2.45) is 11.7 Å². The van der Waals surface area contributed by atoms with Gasteiger partial charge in [-0.3, -0.25) is 9.88 Å². The molecule has 3 heteroatoms. The maximum absolute atomic E-state index is 6.50. The molecular formula is C18H33N3. The van der Waals surface area contributed by atoms with Crippen molar-refractivity contribution in [1.29, 1.82) is 0 Å². The van der Waals surface area contributed by atoms with Gasteiger partial charge in [0, 0.05) is 31.0 Å². The molecule has 0 spiro atoms. The van der Waals surface area contributed by atoms with Gasteiger partial charge in [0.25, 0.3) is 0 Å². The molecule has 2 N–H and O–H groups in total. The highest BCUT2D eigenvalue weighted by Crippen LogP contribution is 2.29. The molecule has 0 aliphatic carbocycles. The Morgan fingerprint density at radius 2 is 1.81 bits per heavy atom. The Labute approximate surface area is 130 Å². The van der Waals surface area contributed by atoms with Crippen LogP contribution in [-0.4, -0.2) is 28.5 Å². The lowest BCUT2D eigenvalue weighted by atomic mass is 9.93. The number of nitrogens with zero attached hydrogens (tertiary/aromatic N) is 2. The van der Waals surface area contributed by atoms with Crippen molar-refractivity contribution in [3.63, 3.8) is 0 Å². The molecule has 0 saturated carbocycles. The lowest BCUT2D eigenvalue weighted by molar-refractivity contribution is 0.0908. The van der Waals surface area contributed by atoms with Crippen LogP contribution in [0.3, 0.4) is 0 Å². The van der Waals surface area contributed by atoms with Crippen LogP contribution in [0.2, 0.25) is 0 Å². The highest BCUT2D eigenvalue weighted by molar-refractivity contribution is 5.17. The Kier molecular flexibility index (Phi) is 7.91. The van der Waals surface area contributed by atoms with Crippen molar-refractivity contribution in [2.75, 3.05) is 6.54 Å². The maximum atomic E-state index is 6.50. The molecule has 2 atom stereocenters. The van der Waals surface area contributed by atoms with Crippen molar-refractivity contribution in [1.82, 2.24) is 9.88 Å². The Hall–Kier alpha value is -0.930. The third kappa shape index (κ3) is 5.08. The van der Waals surface area contributed by atoms with Crippen LogP contribution >= 0.6 is 0 Å². The van der Waals surface area contributed by atoms with E-state index >= 15 is 0 Å².